The van der Waals surface area contributed by atoms with Crippen LogP contribution in [0.15, 0.2) is 18.5 Å². The first-order valence-electron chi connectivity index (χ1n) is 9.53. The molecule has 0 aliphatic heterocycles. The summed E-state index contributed by atoms with van der Waals surface area (Å²) >= 11 is 1.75. The first-order valence-corrected chi connectivity index (χ1v) is 10.4. The molecule has 1 aliphatic carbocycles. The fourth-order valence-electron chi connectivity index (χ4n) is 3.82. The van der Waals surface area contributed by atoms with E-state index in [1.807, 2.05) is 19.9 Å². The number of carbonyl (C=O) groups is 1. The minimum atomic E-state index is -0.0105. The standard InChI is InChI=1S/C22H24N2O2S/c1-13-9-15(3)17(10-14(13)2)18(25)11-26-21-20-16-7-5-4-6-8-19(16)27-22(20)24-12-23-21/h9-10,12H,4-8,11H2,1-3H3. The Labute approximate surface area is 163 Å². The molecule has 0 fully saturated rings. The molecule has 5 heteroatoms. The van der Waals surface area contributed by atoms with Crippen LogP contribution in [0, 0.1) is 20.8 Å². The zero-order chi connectivity index (χ0) is 19.0. The quantitative estimate of drug-likeness (QED) is 0.464. The third-order valence-corrected chi connectivity index (χ3v) is 6.65. The van der Waals surface area contributed by atoms with Crippen molar-refractivity contribution in [3.05, 3.63) is 51.2 Å². The van der Waals surface area contributed by atoms with Crippen molar-refractivity contribution in [2.24, 2.45) is 0 Å². The zero-order valence-corrected chi connectivity index (χ0v) is 16.9. The molecule has 3 aromatic rings. The minimum absolute atomic E-state index is 0.0000737. The molecule has 0 saturated heterocycles. The Hall–Kier alpha value is -2.27. The van der Waals surface area contributed by atoms with Crippen LogP contribution in [-0.2, 0) is 12.8 Å². The number of thiophene rings is 1. The van der Waals surface area contributed by atoms with Crippen molar-refractivity contribution in [2.45, 2.75) is 52.9 Å². The lowest BCUT2D eigenvalue weighted by atomic mass is 9.98. The van der Waals surface area contributed by atoms with Crippen molar-refractivity contribution >= 4 is 27.3 Å². The van der Waals surface area contributed by atoms with Crippen LogP contribution in [-0.4, -0.2) is 22.4 Å². The van der Waals surface area contributed by atoms with Crippen molar-refractivity contribution in [1.29, 1.82) is 0 Å². The summed E-state index contributed by atoms with van der Waals surface area (Å²) in [6.45, 7) is 6.06. The molecular formula is C22H24N2O2S. The van der Waals surface area contributed by atoms with Gasteiger partial charge in [-0.05, 0) is 74.8 Å². The van der Waals surface area contributed by atoms with E-state index in [1.165, 1.54) is 35.3 Å². The number of hydrogen-bond acceptors (Lipinski definition) is 5. The van der Waals surface area contributed by atoms with Gasteiger partial charge in [0.05, 0.1) is 5.39 Å². The van der Waals surface area contributed by atoms with Crippen LogP contribution in [0.25, 0.3) is 10.2 Å². The Balaban J connectivity index is 1.62. The van der Waals surface area contributed by atoms with E-state index < -0.39 is 0 Å². The van der Waals surface area contributed by atoms with Gasteiger partial charge < -0.3 is 4.74 Å². The highest BCUT2D eigenvalue weighted by molar-refractivity contribution is 7.18. The lowest BCUT2D eigenvalue weighted by Crippen LogP contribution is -2.14. The molecule has 0 unspecified atom stereocenters. The second-order valence-corrected chi connectivity index (χ2v) is 8.47. The maximum atomic E-state index is 12.8. The van der Waals surface area contributed by atoms with Gasteiger partial charge in [0, 0.05) is 10.4 Å². The molecule has 0 N–H and O–H groups in total. The normalized spacial score (nSPS) is 14.0. The molecule has 4 rings (SSSR count). The zero-order valence-electron chi connectivity index (χ0n) is 16.1. The van der Waals surface area contributed by atoms with Crippen molar-refractivity contribution in [3.63, 3.8) is 0 Å². The first kappa shape index (κ1) is 18.1. The molecule has 4 nitrogen and oxygen atoms in total. The fourth-order valence-corrected chi connectivity index (χ4v) is 5.04. The first-order chi connectivity index (χ1) is 13.0. The van der Waals surface area contributed by atoms with Gasteiger partial charge in [-0.25, -0.2) is 9.97 Å². The van der Waals surface area contributed by atoms with E-state index in [4.69, 9.17) is 4.74 Å². The van der Waals surface area contributed by atoms with Crippen LogP contribution >= 0.6 is 11.3 Å². The second kappa shape index (κ2) is 7.39. The van der Waals surface area contributed by atoms with E-state index in [-0.39, 0.29) is 12.4 Å². The number of hydrogen-bond donors (Lipinski definition) is 0. The summed E-state index contributed by atoms with van der Waals surface area (Å²) in [5, 5.41) is 1.02. The number of Topliss-reactive ketones (excluding diaryl/α,β-unsaturated/α-hetero) is 1. The van der Waals surface area contributed by atoms with Crippen molar-refractivity contribution in [3.8, 4) is 5.88 Å². The third-order valence-electron chi connectivity index (χ3n) is 5.45. The molecule has 140 valence electrons. The number of carbonyl (C=O) groups excluding carboxylic acids is 1. The predicted molar refractivity (Wildman–Crippen MR) is 109 cm³/mol. The van der Waals surface area contributed by atoms with E-state index in [2.05, 4.69) is 23.0 Å². The summed E-state index contributed by atoms with van der Waals surface area (Å²) in [6.07, 6.45) is 7.37. The summed E-state index contributed by atoms with van der Waals surface area (Å²) in [4.78, 5) is 23.9. The Morgan fingerprint density at radius 1 is 1.04 bits per heavy atom. The molecule has 0 saturated carbocycles. The van der Waals surface area contributed by atoms with Crippen LogP contribution in [0.3, 0.4) is 0 Å². The Bertz CT molecular complexity index is 1020. The van der Waals surface area contributed by atoms with Gasteiger partial charge in [0.25, 0.3) is 0 Å². The van der Waals surface area contributed by atoms with Gasteiger partial charge in [0.15, 0.2) is 6.61 Å². The van der Waals surface area contributed by atoms with E-state index in [0.717, 1.165) is 39.7 Å². The summed E-state index contributed by atoms with van der Waals surface area (Å²) in [7, 11) is 0. The number of aromatic nitrogens is 2. The Kier molecular flexibility index (Phi) is 4.96. The number of benzene rings is 1. The highest BCUT2D eigenvalue weighted by Crippen LogP contribution is 2.38. The van der Waals surface area contributed by atoms with Gasteiger partial charge in [-0.15, -0.1) is 11.3 Å². The van der Waals surface area contributed by atoms with Crippen LogP contribution in [0.4, 0.5) is 0 Å². The Morgan fingerprint density at radius 2 is 1.81 bits per heavy atom. The van der Waals surface area contributed by atoms with Gasteiger partial charge in [-0.2, -0.15) is 0 Å². The minimum Gasteiger partial charge on any atom is -0.469 e. The average molecular weight is 381 g/mol. The van der Waals surface area contributed by atoms with Crippen LogP contribution < -0.4 is 4.74 Å². The van der Waals surface area contributed by atoms with Crippen molar-refractivity contribution in [1.82, 2.24) is 9.97 Å². The number of rotatable bonds is 4. The molecule has 27 heavy (non-hydrogen) atoms. The molecule has 2 heterocycles. The molecule has 1 aromatic carbocycles. The lowest BCUT2D eigenvalue weighted by molar-refractivity contribution is 0.0918. The average Bonchev–Trinajstić information content (AvgIpc) is 2.85. The molecule has 0 atom stereocenters. The largest absolute Gasteiger partial charge is 0.469 e. The van der Waals surface area contributed by atoms with E-state index in [1.54, 1.807) is 17.7 Å². The smallest absolute Gasteiger partial charge is 0.226 e. The molecule has 0 amide bonds. The monoisotopic (exact) mass is 380 g/mol. The number of ether oxygens (including phenoxy) is 1. The number of aryl methyl sites for hydroxylation is 5. The number of ketones is 1. The summed E-state index contributed by atoms with van der Waals surface area (Å²) in [5.74, 6) is 0.540. The summed E-state index contributed by atoms with van der Waals surface area (Å²) in [6, 6.07) is 4.02. The fraction of sp³-hybridized carbons (Fsp3) is 0.409. The molecule has 0 radical (unpaired) electrons. The van der Waals surface area contributed by atoms with Crippen molar-refractivity contribution < 1.29 is 9.53 Å². The highest BCUT2D eigenvalue weighted by atomic mass is 32.1. The Morgan fingerprint density at radius 3 is 2.67 bits per heavy atom. The SMILES string of the molecule is Cc1cc(C)c(C(=O)COc2ncnc3sc4c(c23)CCCCC4)cc1C. The number of fused-ring (bicyclic) bond motifs is 3. The maximum Gasteiger partial charge on any atom is 0.226 e. The maximum absolute atomic E-state index is 12.8. The van der Waals surface area contributed by atoms with E-state index in [0.29, 0.717) is 5.88 Å². The van der Waals surface area contributed by atoms with Crippen LogP contribution in [0.1, 0.15) is 56.8 Å². The molecular weight excluding hydrogens is 356 g/mol. The third kappa shape index (κ3) is 3.48. The van der Waals surface area contributed by atoms with Crippen molar-refractivity contribution in [2.75, 3.05) is 6.61 Å². The van der Waals surface area contributed by atoms with E-state index >= 15 is 0 Å². The second-order valence-electron chi connectivity index (χ2n) is 7.39. The summed E-state index contributed by atoms with van der Waals surface area (Å²) in [5.41, 5.74) is 5.37. The topological polar surface area (TPSA) is 52.1 Å². The van der Waals surface area contributed by atoms with Gasteiger partial charge in [0.2, 0.25) is 11.7 Å². The van der Waals surface area contributed by atoms with E-state index in [9.17, 15) is 4.79 Å². The van der Waals surface area contributed by atoms with Gasteiger partial charge in [-0.1, -0.05) is 12.5 Å². The molecule has 1 aliphatic rings. The predicted octanol–water partition coefficient (Wildman–Crippen LogP) is 5.15. The van der Waals surface area contributed by atoms with Gasteiger partial charge in [0.1, 0.15) is 11.2 Å². The van der Waals surface area contributed by atoms with Gasteiger partial charge in [-0.3, -0.25) is 4.79 Å². The molecule has 2 aromatic heterocycles. The molecule has 0 bridgehead atoms. The highest BCUT2D eigenvalue weighted by Gasteiger charge is 2.20. The molecule has 0 spiro atoms. The number of nitrogens with zero attached hydrogens (tertiary/aromatic N) is 2. The van der Waals surface area contributed by atoms with Crippen LogP contribution in [0.2, 0.25) is 0 Å². The van der Waals surface area contributed by atoms with Crippen LogP contribution in [0.5, 0.6) is 5.88 Å². The lowest BCUT2D eigenvalue weighted by Gasteiger charge is -2.11. The van der Waals surface area contributed by atoms with Gasteiger partial charge >= 0.3 is 0 Å². The summed E-state index contributed by atoms with van der Waals surface area (Å²) < 4.78 is 5.93.